The molecule has 1 rings (SSSR count). The summed E-state index contributed by atoms with van der Waals surface area (Å²) in [6.07, 6.45) is 0. The molecule has 1 atom stereocenters. The van der Waals surface area contributed by atoms with E-state index in [4.69, 9.17) is 22.1 Å². The number of hydrogen-bond acceptors (Lipinski definition) is 3. The fourth-order valence-electron chi connectivity index (χ4n) is 1.64. The van der Waals surface area contributed by atoms with Crippen molar-refractivity contribution in [2.75, 3.05) is 26.8 Å². The van der Waals surface area contributed by atoms with Gasteiger partial charge in [-0.25, -0.2) is 0 Å². The third-order valence-corrected chi connectivity index (χ3v) is 2.85. The molecule has 124 valence electrons. The Morgan fingerprint density at radius 2 is 2.05 bits per heavy atom. The van der Waals surface area contributed by atoms with Crippen LogP contribution in [0.5, 0.6) is 0 Å². The predicted octanol–water partition coefficient (Wildman–Crippen LogP) is 1.59. The Morgan fingerprint density at radius 1 is 1.41 bits per heavy atom. The molecule has 1 aromatic carbocycles. The van der Waals surface area contributed by atoms with Gasteiger partial charge in [0.2, 0.25) is 0 Å². The first-order valence-corrected chi connectivity index (χ1v) is 7.00. The van der Waals surface area contributed by atoms with E-state index in [1.807, 2.05) is 6.92 Å². The van der Waals surface area contributed by atoms with Crippen LogP contribution in [0.4, 0.5) is 0 Å². The fourth-order valence-corrected chi connectivity index (χ4v) is 1.76. The van der Waals surface area contributed by atoms with Gasteiger partial charge in [0.05, 0.1) is 13.2 Å². The molecule has 0 aliphatic carbocycles. The molecule has 1 amide bonds. The van der Waals surface area contributed by atoms with Gasteiger partial charge in [-0.3, -0.25) is 9.79 Å². The van der Waals surface area contributed by atoms with Crippen molar-refractivity contribution in [3.63, 3.8) is 0 Å². The average molecular weight is 394 g/mol. The zero-order valence-corrected chi connectivity index (χ0v) is 15.1. The molecular formula is C14H22BrClN4O2. The number of aliphatic imine (C=N–C) groups is 1. The molecular weight excluding hydrogens is 372 g/mol. The molecule has 0 aliphatic rings. The standard InChI is InChI=1S/C14H21ClN4O2.BrH/c1-10(9-21-2)19-14(16)18-8-7-17-13(20)11-3-5-12(15)6-4-11;/h3-6,10H,7-9H2,1-2H3,(H,17,20)(H3,16,18,19);1H. The van der Waals surface area contributed by atoms with Crippen molar-refractivity contribution >= 4 is 40.4 Å². The van der Waals surface area contributed by atoms with Crippen LogP contribution in [0.2, 0.25) is 5.02 Å². The van der Waals surface area contributed by atoms with Crippen molar-refractivity contribution in [2.24, 2.45) is 10.7 Å². The first-order chi connectivity index (χ1) is 10.0. The quantitative estimate of drug-likeness (QED) is 0.373. The molecule has 0 spiro atoms. The van der Waals surface area contributed by atoms with Crippen molar-refractivity contribution in [3.05, 3.63) is 34.9 Å². The Hall–Kier alpha value is -1.31. The zero-order chi connectivity index (χ0) is 15.7. The predicted molar refractivity (Wildman–Crippen MR) is 95.1 cm³/mol. The SMILES string of the molecule is Br.COCC(C)NC(N)=NCCNC(=O)c1ccc(Cl)cc1. The van der Waals surface area contributed by atoms with E-state index in [0.29, 0.717) is 36.2 Å². The molecule has 1 aromatic rings. The Bertz CT molecular complexity index is 482. The molecule has 0 heterocycles. The lowest BCUT2D eigenvalue weighted by molar-refractivity contribution is 0.0955. The van der Waals surface area contributed by atoms with E-state index in [1.54, 1.807) is 31.4 Å². The fraction of sp³-hybridized carbons (Fsp3) is 0.429. The lowest BCUT2D eigenvalue weighted by Crippen LogP contribution is -2.41. The van der Waals surface area contributed by atoms with E-state index >= 15 is 0 Å². The molecule has 0 bridgehead atoms. The molecule has 0 radical (unpaired) electrons. The highest BCUT2D eigenvalue weighted by Gasteiger charge is 2.04. The molecule has 0 aromatic heterocycles. The van der Waals surface area contributed by atoms with Crippen LogP contribution in [0.15, 0.2) is 29.3 Å². The summed E-state index contributed by atoms with van der Waals surface area (Å²) >= 11 is 5.76. The first kappa shape index (κ1) is 20.7. The van der Waals surface area contributed by atoms with Crippen LogP contribution in [0.3, 0.4) is 0 Å². The van der Waals surface area contributed by atoms with E-state index in [-0.39, 0.29) is 28.9 Å². The third kappa shape index (κ3) is 8.21. The van der Waals surface area contributed by atoms with Gasteiger partial charge in [0.1, 0.15) is 0 Å². The highest BCUT2D eigenvalue weighted by atomic mass is 79.9. The number of rotatable bonds is 7. The number of halogens is 2. The van der Waals surface area contributed by atoms with Gasteiger partial charge >= 0.3 is 0 Å². The number of carbonyl (C=O) groups is 1. The number of ether oxygens (including phenoxy) is 1. The maximum Gasteiger partial charge on any atom is 0.251 e. The average Bonchev–Trinajstić information content (AvgIpc) is 2.44. The summed E-state index contributed by atoms with van der Waals surface area (Å²) in [7, 11) is 1.62. The molecule has 6 nitrogen and oxygen atoms in total. The molecule has 8 heteroatoms. The molecule has 22 heavy (non-hydrogen) atoms. The number of methoxy groups -OCH3 is 1. The Labute approximate surface area is 146 Å². The number of hydrogen-bond donors (Lipinski definition) is 3. The highest BCUT2D eigenvalue weighted by molar-refractivity contribution is 8.93. The second kappa shape index (κ2) is 11.3. The van der Waals surface area contributed by atoms with Crippen LogP contribution in [-0.4, -0.2) is 44.7 Å². The van der Waals surface area contributed by atoms with E-state index in [0.717, 1.165) is 0 Å². The summed E-state index contributed by atoms with van der Waals surface area (Å²) in [5.74, 6) is 0.168. The molecule has 0 saturated carbocycles. The second-order valence-electron chi connectivity index (χ2n) is 4.53. The van der Waals surface area contributed by atoms with Gasteiger partial charge in [-0.2, -0.15) is 0 Å². The highest BCUT2D eigenvalue weighted by Crippen LogP contribution is 2.09. The Morgan fingerprint density at radius 3 is 2.64 bits per heavy atom. The number of nitrogens with zero attached hydrogens (tertiary/aromatic N) is 1. The zero-order valence-electron chi connectivity index (χ0n) is 12.6. The lowest BCUT2D eigenvalue weighted by Gasteiger charge is -2.13. The van der Waals surface area contributed by atoms with Crippen molar-refractivity contribution in [3.8, 4) is 0 Å². The van der Waals surface area contributed by atoms with Gasteiger partial charge in [-0.15, -0.1) is 17.0 Å². The van der Waals surface area contributed by atoms with Crippen LogP contribution >= 0.6 is 28.6 Å². The van der Waals surface area contributed by atoms with Crippen LogP contribution in [-0.2, 0) is 4.74 Å². The van der Waals surface area contributed by atoms with Crippen molar-refractivity contribution < 1.29 is 9.53 Å². The molecule has 0 aliphatic heterocycles. The normalized spacial score (nSPS) is 12.2. The molecule has 4 N–H and O–H groups in total. The number of amides is 1. The molecule has 0 fully saturated rings. The van der Waals surface area contributed by atoms with E-state index in [1.165, 1.54) is 0 Å². The third-order valence-electron chi connectivity index (χ3n) is 2.60. The number of carbonyl (C=O) groups excluding carboxylic acids is 1. The van der Waals surface area contributed by atoms with Crippen LogP contribution in [0, 0.1) is 0 Å². The van der Waals surface area contributed by atoms with Gasteiger partial charge in [-0.1, -0.05) is 11.6 Å². The first-order valence-electron chi connectivity index (χ1n) is 6.62. The number of benzene rings is 1. The summed E-state index contributed by atoms with van der Waals surface area (Å²) in [5.41, 5.74) is 6.26. The topological polar surface area (TPSA) is 88.7 Å². The summed E-state index contributed by atoms with van der Waals surface area (Å²) in [6.45, 7) is 3.29. The van der Waals surface area contributed by atoms with Gasteiger partial charge in [-0.05, 0) is 31.2 Å². The van der Waals surface area contributed by atoms with Crippen LogP contribution in [0.1, 0.15) is 17.3 Å². The summed E-state index contributed by atoms with van der Waals surface area (Å²) in [6, 6.07) is 6.77. The van der Waals surface area contributed by atoms with Crippen molar-refractivity contribution in [2.45, 2.75) is 13.0 Å². The number of nitrogens with one attached hydrogen (secondary N) is 2. The monoisotopic (exact) mass is 392 g/mol. The van der Waals surface area contributed by atoms with E-state index in [2.05, 4.69) is 15.6 Å². The lowest BCUT2D eigenvalue weighted by atomic mass is 10.2. The minimum atomic E-state index is -0.166. The molecule has 1 unspecified atom stereocenters. The van der Waals surface area contributed by atoms with E-state index < -0.39 is 0 Å². The Balaban J connectivity index is 0.00000441. The van der Waals surface area contributed by atoms with Crippen LogP contribution < -0.4 is 16.4 Å². The van der Waals surface area contributed by atoms with Gasteiger partial charge in [0.15, 0.2) is 5.96 Å². The van der Waals surface area contributed by atoms with E-state index in [9.17, 15) is 4.79 Å². The second-order valence-corrected chi connectivity index (χ2v) is 4.97. The summed E-state index contributed by atoms with van der Waals surface area (Å²) in [4.78, 5) is 15.9. The summed E-state index contributed by atoms with van der Waals surface area (Å²) < 4.78 is 4.98. The minimum absolute atomic E-state index is 0. The number of nitrogens with two attached hydrogens (primary N) is 1. The van der Waals surface area contributed by atoms with Crippen molar-refractivity contribution in [1.29, 1.82) is 0 Å². The smallest absolute Gasteiger partial charge is 0.251 e. The number of guanidine groups is 1. The Kier molecular flexibility index (Phi) is 10.6. The maximum absolute atomic E-state index is 11.8. The molecule has 0 saturated heterocycles. The van der Waals surface area contributed by atoms with Gasteiger partial charge < -0.3 is 21.1 Å². The van der Waals surface area contributed by atoms with Gasteiger partial charge in [0.25, 0.3) is 5.91 Å². The van der Waals surface area contributed by atoms with Crippen molar-refractivity contribution in [1.82, 2.24) is 10.6 Å². The minimum Gasteiger partial charge on any atom is -0.383 e. The van der Waals surface area contributed by atoms with Gasteiger partial charge in [0, 0.05) is 30.3 Å². The largest absolute Gasteiger partial charge is 0.383 e. The maximum atomic E-state index is 11.8. The summed E-state index contributed by atoms with van der Waals surface area (Å²) in [5, 5.41) is 6.33. The van der Waals surface area contributed by atoms with Crippen LogP contribution in [0.25, 0.3) is 0 Å².